The van der Waals surface area contributed by atoms with E-state index >= 15 is 0 Å². The molecule has 0 bridgehead atoms. The fourth-order valence-corrected chi connectivity index (χ4v) is 1.97. The van der Waals surface area contributed by atoms with Crippen molar-refractivity contribution in [3.05, 3.63) is 17.8 Å². The fraction of sp³-hybridized carbons (Fsp3) is 0.545. The van der Waals surface area contributed by atoms with Crippen LogP contribution in [0.2, 0.25) is 0 Å². The second kappa shape index (κ2) is 4.67. The Bertz CT molecular complexity index is 398. The third-order valence-electron chi connectivity index (χ3n) is 3.00. The lowest BCUT2D eigenvalue weighted by Gasteiger charge is -2.22. The van der Waals surface area contributed by atoms with Crippen LogP contribution in [0.4, 0.5) is 0 Å². The van der Waals surface area contributed by atoms with E-state index in [2.05, 4.69) is 10.2 Å². The number of carbonyl (C=O) groups excluding carboxylic acids is 1. The summed E-state index contributed by atoms with van der Waals surface area (Å²) in [5, 5.41) is 7.42. The van der Waals surface area contributed by atoms with E-state index in [1.165, 1.54) is 6.07 Å². The lowest BCUT2D eigenvalue weighted by Crippen LogP contribution is -2.42. The Morgan fingerprint density at radius 1 is 1.35 bits per heavy atom. The highest BCUT2D eigenvalue weighted by atomic mass is 16.5. The van der Waals surface area contributed by atoms with E-state index in [1.807, 2.05) is 0 Å². The number of ether oxygens (including phenoxy) is 1. The number of carbonyl (C=O) groups is 1. The Hall–Kier alpha value is -1.69. The topological polar surface area (TPSA) is 104 Å². The maximum Gasteiger partial charge on any atom is 0.269 e. The normalized spacial score (nSPS) is 17.9. The van der Waals surface area contributed by atoms with Crippen molar-refractivity contribution in [1.29, 1.82) is 0 Å². The van der Waals surface area contributed by atoms with Gasteiger partial charge in [0.05, 0.1) is 5.54 Å². The summed E-state index contributed by atoms with van der Waals surface area (Å²) in [4.78, 5) is 10.8. The second-order valence-corrected chi connectivity index (χ2v) is 4.48. The molecule has 1 aliphatic carbocycles. The minimum absolute atomic E-state index is 0.126. The number of nitrogens with two attached hydrogens (primary N) is 2. The van der Waals surface area contributed by atoms with Gasteiger partial charge in [0.25, 0.3) is 5.91 Å². The van der Waals surface area contributed by atoms with Crippen molar-refractivity contribution >= 4 is 5.91 Å². The molecular formula is C11H16N4O2. The molecular weight excluding hydrogens is 220 g/mol. The zero-order chi connectivity index (χ0) is 12.3. The van der Waals surface area contributed by atoms with Crippen LogP contribution in [-0.2, 0) is 0 Å². The highest BCUT2D eigenvalue weighted by Gasteiger charge is 2.30. The summed E-state index contributed by atoms with van der Waals surface area (Å²) in [7, 11) is 0. The summed E-state index contributed by atoms with van der Waals surface area (Å²) in [5.41, 5.74) is 11.1. The van der Waals surface area contributed by atoms with Gasteiger partial charge in [-0.05, 0) is 18.9 Å². The van der Waals surface area contributed by atoms with Crippen LogP contribution in [0, 0.1) is 0 Å². The highest BCUT2D eigenvalue weighted by Crippen LogP contribution is 2.27. The van der Waals surface area contributed by atoms with Gasteiger partial charge < -0.3 is 16.2 Å². The summed E-state index contributed by atoms with van der Waals surface area (Å²) in [6, 6.07) is 3.06. The molecule has 4 N–H and O–H groups in total. The number of amides is 1. The Morgan fingerprint density at radius 2 is 2.06 bits per heavy atom. The van der Waals surface area contributed by atoms with Crippen LogP contribution in [-0.4, -0.2) is 28.3 Å². The van der Waals surface area contributed by atoms with E-state index in [9.17, 15) is 4.79 Å². The van der Waals surface area contributed by atoms with Crippen LogP contribution < -0.4 is 16.2 Å². The summed E-state index contributed by atoms with van der Waals surface area (Å²) in [6.45, 7) is 0.428. The molecule has 1 aromatic heterocycles. The molecule has 1 saturated carbocycles. The molecule has 0 radical (unpaired) electrons. The largest absolute Gasteiger partial charge is 0.475 e. The third kappa shape index (κ3) is 2.91. The number of aromatic nitrogens is 2. The number of primary amides is 1. The molecule has 92 valence electrons. The van der Waals surface area contributed by atoms with Crippen molar-refractivity contribution in [2.75, 3.05) is 6.61 Å². The summed E-state index contributed by atoms with van der Waals surface area (Å²) in [5.74, 6) is -0.234. The Labute approximate surface area is 99.3 Å². The first-order valence-corrected chi connectivity index (χ1v) is 5.64. The smallest absolute Gasteiger partial charge is 0.269 e. The predicted octanol–water partition coefficient (Wildman–Crippen LogP) is 0.226. The van der Waals surface area contributed by atoms with Crippen LogP contribution in [0.5, 0.6) is 5.88 Å². The number of hydrogen-bond donors (Lipinski definition) is 2. The lowest BCUT2D eigenvalue weighted by atomic mass is 10.0. The van der Waals surface area contributed by atoms with Gasteiger partial charge in [-0.2, -0.15) is 0 Å². The molecule has 0 unspecified atom stereocenters. The van der Waals surface area contributed by atoms with Crippen molar-refractivity contribution in [2.45, 2.75) is 31.2 Å². The highest BCUT2D eigenvalue weighted by molar-refractivity contribution is 5.90. The summed E-state index contributed by atoms with van der Waals surface area (Å²) in [6.07, 6.45) is 4.23. The molecule has 17 heavy (non-hydrogen) atoms. The van der Waals surface area contributed by atoms with E-state index in [-0.39, 0.29) is 11.2 Å². The predicted molar refractivity (Wildman–Crippen MR) is 61.4 cm³/mol. The van der Waals surface area contributed by atoms with Gasteiger partial charge in [0.2, 0.25) is 5.88 Å². The van der Waals surface area contributed by atoms with Crippen molar-refractivity contribution in [1.82, 2.24) is 10.2 Å². The van der Waals surface area contributed by atoms with E-state index in [0.717, 1.165) is 25.7 Å². The Morgan fingerprint density at radius 3 is 2.59 bits per heavy atom. The molecule has 1 aliphatic rings. The number of nitrogens with zero attached hydrogens (tertiary/aromatic N) is 2. The number of rotatable bonds is 4. The molecule has 6 heteroatoms. The molecule has 2 rings (SSSR count). The van der Waals surface area contributed by atoms with Crippen molar-refractivity contribution < 1.29 is 9.53 Å². The van der Waals surface area contributed by atoms with Crippen LogP contribution >= 0.6 is 0 Å². The van der Waals surface area contributed by atoms with E-state index in [4.69, 9.17) is 16.2 Å². The second-order valence-electron chi connectivity index (χ2n) is 4.48. The van der Waals surface area contributed by atoms with Crippen LogP contribution in [0.25, 0.3) is 0 Å². The average molecular weight is 236 g/mol. The minimum atomic E-state index is -0.602. The third-order valence-corrected chi connectivity index (χ3v) is 3.00. The molecule has 6 nitrogen and oxygen atoms in total. The quantitative estimate of drug-likeness (QED) is 0.778. The first kappa shape index (κ1) is 11.8. The van der Waals surface area contributed by atoms with E-state index in [1.54, 1.807) is 6.07 Å². The Balaban J connectivity index is 1.93. The molecule has 1 fully saturated rings. The van der Waals surface area contributed by atoms with Gasteiger partial charge in [0, 0.05) is 6.07 Å². The zero-order valence-electron chi connectivity index (χ0n) is 9.56. The van der Waals surface area contributed by atoms with Crippen molar-refractivity contribution in [2.24, 2.45) is 11.5 Å². The SMILES string of the molecule is NC(=O)c1ccc(OCC2(N)CCCC2)nn1. The van der Waals surface area contributed by atoms with E-state index in [0.29, 0.717) is 12.5 Å². The van der Waals surface area contributed by atoms with Crippen LogP contribution in [0.15, 0.2) is 12.1 Å². The fourth-order valence-electron chi connectivity index (χ4n) is 1.97. The van der Waals surface area contributed by atoms with Gasteiger partial charge >= 0.3 is 0 Å². The first-order chi connectivity index (χ1) is 8.09. The molecule has 0 spiro atoms. The maximum absolute atomic E-state index is 10.8. The molecule has 0 atom stereocenters. The van der Waals surface area contributed by atoms with Gasteiger partial charge in [0.15, 0.2) is 5.69 Å². The molecule has 0 aliphatic heterocycles. The minimum Gasteiger partial charge on any atom is -0.475 e. The molecule has 1 amide bonds. The van der Waals surface area contributed by atoms with Gasteiger partial charge in [-0.15, -0.1) is 10.2 Å². The van der Waals surface area contributed by atoms with Gasteiger partial charge in [-0.25, -0.2) is 0 Å². The van der Waals surface area contributed by atoms with Crippen molar-refractivity contribution in [3.8, 4) is 5.88 Å². The van der Waals surface area contributed by atoms with Gasteiger partial charge in [0.1, 0.15) is 6.61 Å². The summed E-state index contributed by atoms with van der Waals surface area (Å²) >= 11 is 0. The van der Waals surface area contributed by atoms with E-state index < -0.39 is 5.91 Å². The van der Waals surface area contributed by atoms with Crippen LogP contribution in [0.1, 0.15) is 36.2 Å². The zero-order valence-corrected chi connectivity index (χ0v) is 9.56. The van der Waals surface area contributed by atoms with Gasteiger partial charge in [-0.1, -0.05) is 12.8 Å². The van der Waals surface area contributed by atoms with Crippen LogP contribution in [0.3, 0.4) is 0 Å². The number of hydrogen-bond acceptors (Lipinski definition) is 5. The summed E-state index contributed by atoms with van der Waals surface area (Å²) < 4.78 is 5.48. The standard InChI is InChI=1S/C11H16N4O2/c12-10(16)8-3-4-9(15-14-8)17-7-11(13)5-1-2-6-11/h3-4H,1-2,5-7,13H2,(H2,12,16). The van der Waals surface area contributed by atoms with Crippen molar-refractivity contribution in [3.63, 3.8) is 0 Å². The molecule has 1 aromatic rings. The van der Waals surface area contributed by atoms with Gasteiger partial charge in [-0.3, -0.25) is 4.79 Å². The monoisotopic (exact) mass is 236 g/mol. The maximum atomic E-state index is 10.8. The lowest BCUT2D eigenvalue weighted by molar-refractivity contribution is 0.0994. The molecule has 0 aromatic carbocycles. The molecule has 0 saturated heterocycles. The first-order valence-electron chi connectivity index (χ1n) is 5.64. The molecule has 1 heterocycles. The Kier molecular flexibility index (Phi) is 3.23. The average Bonchev–Trinajstić information content (AvgIpc) is 2.75.